The summed E-state index contributed by atoms with van der Waals surface area (Å²) in [4.78, 5) is -0.0382. The molecule has 0 atom stereocenters. The Bertz CT molecular complexity index is 536. The van der Waals surface area contributed by atoms with Gasteiger partial charge in [-0.05, 0) is 11.6 Å². The summed E-state index contributed by atoms with van der Waals surface area (Å²) in [6.07, 6.45) is 0. The normalized spacial score (nSPS) is 11.0. The van der Waals surface area contributed by atoms with E-state index >= 15 is 0 Å². The fraction of sp³-hybridized carbons (Fsp3) is 0. The van der Waals surface area contributed by atoms with Gasteiger partial charge in [-0.15, -0.1) is 0 Å². The molecule has 2 rings (SSSR count). The first-order valence-electron chi connectivity index (χ1n) is 4.04. The SMILES string of the molecule is O=S(=O)(O)c1ccc2cccccc1-2.[NaH]. The van der Waals surface area contributed by atoms with Gasteiger partial charge in [0.1, 0.15) is 4.90 Å². The monoisotopic (exact) mass is 232 g/mol. The van der Waals surface area contributed by atoms with Crippen molar-refractivity contribution in [2.75, 3.05) is 0 Å². The Kier molecular flexibility index (Phi) is 3.92. The van der Waals surface area contributed by atoms with Crippen LogP contribution in [0.25, 0.3) is 11.1 Å². The number of rotatable bonds is 1. The average molecular weight is 232 g/mol. The zero-order valence-corrected chi connectivity index (χ0v) is 8.03. The first-order chi connectivity index (χ1) is 6.59. The Hall–Kier alpha value is -0.390. The third kappa shape index (κ3) is 2.59. The summed E-state index contributed by atoms with van der Waals surface area (Å²) < 4.78 is 30.9. The van der Waals surface area contributed by atoms with Gasteiger partial charge in [-0.1, -0.05) is 36.4 Å². The second-order valence-corrected chi connectivity index (χ2v) is 4.34. The molecule has 15 heavy (non-hydrogen) atoms. The summed E-state index contributed by atoms with van der Waals surface area (Å²) in [6.45, 7) is 0. The molecule has 0 aliphatic heterocycles. The van der Waals surface area contributed by atoms with Crippen molar-refractivity contribution in [3.8, 4) is 11.1 Å². The summed E-state index contributed by atoms with van der Waals surface area (Å²) in [5.74, 6) is 0. The van der Waals surface area contributed by atoms with E-state index in [-0.39, 0.29) is 34.5 Å². The molecular weight excluding hydrogens is 223 g/mol. The van der Waals surface area contributed by atoms with Gasteiger partial charge in [0.2, 0.25) is 0 Å². The molecule has 0 bridgehead atoms. The molecule has 74 valence electrons. The van der Waals surface area contributed by atoms with Crippen LogP contribution in [-0.2, 0) is 10.1 Å². The van der Waals surface area contributed by atoms with Crippen molar-refractivity contribution in [3.63, 3.8) is 0 Å². The summed E-state index contributed by atoms with van der Waals surface area (Å²) >= 11 is 0. The van der Waals surface area contributed by atoms with E-state index in [1.165, 1.54) is 6.07 Å². The summed E-state index contributed by atoms with van der Waals surface area (Å²) in [6, 6.07) is 11.9. The van der Waals surface area contributed by atoms with Gasteiger partial charge in [-0.25, -0.2) is 0 Å². The van der Waals surface area contributed by atoms with Crippen LogP contribution in [-0.4, -0.2) is 42.5 Å². The number of hydrogen-bond acceptors (Lipinski definition) is 2. The Balaban J connectivity index is 0.00000112. The molecule has 0 aromatic rings. The Morgan fingerprint density at radius 2 is 1.60 bits per heavy atom. The molecule has 0 saturated carbocycles. The molecule has 3 nitrogen and oxygen atoms in total. The van der Waals surface area contributed by atoms with Crippen LogP contribution < -0.4 is 0 Å². The third-order valence-corrected chi connectivity index (χ3v) is 2.94. The van der Waals surface area contributed by atoms with E-state index in [9.17, 15) is 8.42 Å². The zero-order chi connectivity index (χ0) is 10.2. The molecular formula is C10H9NaO3S. The fourth-order valence-electron chi connectivity index (χ4n) is 1.41. The van der Waals surface area contributed by atoms with E-state index in [4.69, 9.17) is 4.55 Å². The van der Waals surface area contributed by atoms with Crippen LogP contribution in [0.2, 0.25) is 0 Å². The third-order valence-electron chi connectivity index (χ3n) is 2.03. The topological polar surface area (TPSA) is 54.4 Å². The van der Waals surface area contributed by atoms with Crippen LogP contribution in [0.1, 0.15) is 0 Å². The summed E-state index contributed by atoms with van der Waals surface area (Å²) in [5.41, 5.74) is 1.33. The van der Waals surface area contributed by atoms with Gasteiger partial charge in [-0.3, -0.25) is 4.55 Å². The fourth-order valence-corrected chi connectivity index (χ4v) is 2.11. The molecule has 0 saturated heterocycles. The molecule has 1 N–H and O–H groups in total. The molecule has 0 heterocycles. The molecule has 2 aliphatic carbocycles. The molecule has 0 spiro atoms. The molecule has 0 amide bonds. The Labute approximate surface area is 111 Å². The van der Waals surface area contributed by atoms with Gasteiger partial charge < -0.3 is 0 Å². The first-order valence-corrected chi connectivity index (χ1v) is 5.48. The first kappa shape index (κ1) is 12.7. The van der Waals surface area contributed by atoms with Crippen molar-refractivity contribution in [1.29, 1.82) is 0 Å². The summed E-state index contributed by atoms with van der Waals surface area (Å²) in [5, 5.41) is 0. The van der Waals surface area contributed by atoms with E-state index in [1.54, 1.807) is 30.3 Å². The predicted octanol–water partition coefficient (Wildman–Crippen LogP) is 1.39. The number of hydrogen-bond donors (Lipinski definition) is 1. The van der Waals surface area contributed by atoms with Gasteiger partial charge in [0.15, 0.2) is 0 Å². The average Bonchev–Trinajstić information content (AvgIpc) is 2.36. The van der Waals surface area contributed by atoms with Crippen LogP contribution in [0.5, 0.6) is 0 Å². The van der Waals surface area contributed by atoms with E-state index in [0.29, 0.717) is 5.56 Å². The quantitative estimate of drug-likeness (QED) is 0.597. The Morgan fingerprint density at radius 3 is 2.27 bits per heavy atom. The molecule has 0 unspecified atom stereocenters. The van der Waals surface area contributed by atoms with Crippen LogP contribution in [0.15, 0.2) is 47.4 Å². The molecule has 0 radical (unpaired) electrons. The minimum atomic E-state index is -4.12. The van der Waals surface area contributed by atoms with Gasteiger partial charge in [-0.2, -0.15) is 8.42 Å². The maximum absolute atomic E-state index is 11.0. The standard InChI is InChI=1S/C10H8O3S.Na.H/c11-14(12,13)10-7-6-8-4-2-1-3-5-9(8)10;;/h1-7H,(H,11,12,13);;. The van der Waals surface area contributed by atoms with Crippen LogP contribution in [0.3, 0.4) is 0 Å². The van der Waals surface area contributed by atoms with Crippen molar-refractivity contribution < 1.29 is 13.0 Å². The second kappa shape index (κ2) is 4.63. The van der Waals surface area contributed by atoms with Crippen molar-refractivity contribution in [2.24, 2.45) is 0 Å². The zero-order valence-electron chi connectivity index (χ0n) is 7.21. The van der Waals surface area contributed by atoms with E-state index in [2.05, 4.69) is 0 Å². The van der Waals surface area contributed by atoms with Gasteiger partial charge in [0.25, 0.3) is 10.1 Å². The Morgan fingerprint density at radius 1 is 0.933 bits per heavy atom. The second-order valence-electron chi connectivity index (χ2n) is 2.95. The molecule has 5 heteroatoms. The van der Waals surface area contributed by atoms with Gasteiger partial charge >= 0.3 is 29.6 Å². The van der Waals surface area contributed by atoms with Crippen LogP contribution >= 0.6 is 0 Å². The van der Waals surface area contributed by atoms with Crippen LogP contribution in [0.4, 0.5) is 0 Å². The minimum absolute atomic E-state index is 0. The molecule has 0 aromatic carbocycles. The number of fused-ring (bicyclic) bond motifs is 1. The van der Waals surface area contributed by atoms with E-state index in [1.807, 2.05) is 6.07 Å². The maximum atomic E-state index is 11.0. The van der Waals surface area contributed by atoms with Crippen molar-refractivity contribution in [2.45, 2.75) is 4.90 Å². The molecule has 0 fully saturated rings. The molecule has 0 aromatic heterocycles. The van der Waals surface area contributed by atoms with Crippen molar-refractivity contribution in [1.82, 2.24) is 0 Å². The predicted molar refractivity (Wildman–Crippen MR) is 60.0 cm³/mol. The molecule has 2 aliphatic rings. The van der Waals surface area contributed by atoms with Gasteiger partial charge in [0, 0.05) is 5.56 Å². The van der Waals surface area contributed by atoms with Crippen molar-refractivity contribution >= 4 is 39.7 Å². The van der Waals surface area contributed by atoms with Crippen LogP contribution in [0, 0.1) is 0 Å². The summed E-state index contributed by atoms with van der Waals surface area (Å²) in [7, 11) is -4.12. The van der Waals surface area contributed by atoms with E-state index in [0.717, 1.165) is 5.56 Å². The van der Waals surface area contributed by atoms with E-state index < -0.39 is 10.1 Å². The van der Waals surface area contributed by atoms with Gasteiger partial charge in [0.05, 0.1) is 0 Å². The van der Waals surface area contributed by atoms with Crippen molar-refractivity contribution in [3.05, 3.63) is 42.5 Å².